The average molecular weight is 491 g/mol. The summed E-state index contributed by atoms with van der Waals surface area (Å²) >= 11 is 0. The molecule has 0 bridgehead atoms. The van der Waals surface area contributed by atoms with Gasteiger partial charge in [-0.2, -0.15) is 8.42 Å². The molecule has 5 N–H and O–H groups in total. The largest absolute Gasteiger partial charge is 0.493 e. The summed E-state index contributed by atoms with van der Waals surface area (Å²) in [4.78, 5) is 0. The molecule has 0 aliphatic carbocycles. The number of hydrogen-bond donors (Lipinski definition) is 3. The van der Waals surface area contributed by atoms with Crippen molar-refractivity contribution >= 4 is 37.5 Å². The van der Waals surface area contributed by atoms with Crippen LogP contribution in [0.15, 0.2) is 0 Å². The smallest absolute Gasteiger partial charge is 0.415 e. The van der Waals surface area contributed by atoms with Gasteiger partial charge in [-0.25, -0.2) is 0 Å². The summed E-state index contributed by atoms with van der Waals surface area (Å²) < 4.78 is 61.9. The lowest BCUT2D eigenvalue weighted by molar-refractivity contribution is 0.0715. The van der Waals surface area contributed by atoms with Gasteiger partial charge in [-0.15, -0.1) is 0 Å². The summed E-state index contributed by atoms with van der Waals surface area (Å²) in [5, 5.41) is 0. The third kappa shape index (κ3) is 13.3. The van der Waals surface area contributed by atoms with Crippen LogP contribution in [0.4, 0.5) is 0 Å². The van der Waals surface area contributed by atoms with Crippen LogP contribution in [-0.4, -0.2) is 79.0 Å². The van der Waals surface area contributed by atoms with Crippen molar-refractivity contribution in [2.75, 3.05) is 38.7 Å². The third-order valence-corrected chi connectivity index (χ3v) is 13.5. The Morgan fingerprint density at radius 2 is 1.38 bits per heavy atom. The fourth-order valence-corrected chi connectivity index (χ4v) is 12.7. The van der Waals surface area contributed by atoms with Gasteiger partial charge in [0.1, 0.15) is 0 Å². The van der Waals surface area contributed by atoms with Crippen LogP contribution in [-0.2, 0) is 31.6 Å². The highest BCUT2D eigenvalue weighted by Gasteiger charge is 2.52. The Hall–Kier alpha value is 0.281. The maximum absolute atomic E-state index is 11.1. The van der Waals surface area contributed by atoms with Gasteiger partial charge in [0.2, 0.25) is 9.76 Å². The van der Waals surface area contributed by atoms with Crippen LogP contribution in [0.25, 0.3) is 0 Å². The van der Waals surface area contributed by atoms with Crippen molar-refractivity contribution in [2.24, 2.45) is 11.5 Å². The van der Waals surface area contributed by atoms with E-state index in [0.29, 0.717) is 45.4 Å². The fraction of sp³-hybridized carbons (Fsp3) is 1.00. The van der Waals surface area contributed by atoms with Crippen LogP contribution in [0.1, 0.15) is 40.0 Å². The lowest BCUT2D eigenvalue weighted by atomic mass is 10.5. The maximum Gasteiger partial charge on any atom is 0.493 e. The molecule has 174 valence electrons. The van der Waals surface area contributed by atoms with Crippen LogP contribution in [0, 0.1) is 0 Å². The topological polar surface area (TPSA) is 153 Å². The van der Waals surface area contributed by atoms with Crippen molar-refractivity contribution in [3.05, 3.63) is 0 Å². The summed E-state index contributed by atoms with van der Waals surface area (Å²) in [6.07, 6.45) is 1.63. The molecule has 0 aromatic heterocycles. The molecule has 0 rings (SSSR count). The van der Waals surface area contributed by atoms with Crippen molar-refractivity contribution in [1.29, 1.82) is 0 Å². The highest BCUT2D eigenvalue weighted by Crippen LogP contribution is 2.28. The van der Waals surface area contributed by atoms with E-state index in [1.54, 1.807) is 0 Å². The molecule has 0 spiro atoms. The molecular formula is C15H38N2O8SSi3. The molecule has 0 aromatic rings. The van der Waals surface area contributed by atoms with Crippen LogP contribution in [0.5, 0.6) is 0 Å². The lowest BCUT2D eigenvalue weighted by Gasteiger charge is -2.38. The van der Waals surface area contributed by atoms with Crippen molar-refractivity contribution in [3.8, 4) is 0 Å². The van der Waals surface area contributed by atoms with Crippen LogP contribution in [0.2, 0.25) is 18.1 Å². The van der Waals surface area contributed by atoms with Crippen molar-refractivity contribution in [3.63, 3.8) is 0 Å². The van der Waals surface area contributed by atoms with Crippen LogP contribution in [0.3, 0.4) is 0 Å². The summed E-state index contributed by atoms with van der Waals surface area (Å²) in [5.41, 5.74) is 11.3. The molecule has 0 aromatic carbocycles. The highest BCUT2D eigenvalue weighted by molar-refractivity contribution is 7.85. The molecule has 0 amide bonds. The second-order valence-corrected chi connectivity index (χ2v) is 14.8. The predicted octanol–water partition coefficient (Wildman–Crippen LogP) is 1.02. The standard InChI is InChI=1S/C15H38N2O8SSi3/c1-4-21-28(22-5-2,15-9-12-26(18,19)20)25-29(23-6-3,14-8-11-17)24-27-13-7-10-16/h4-17H2,1-3H3,(H,18,19,20). The fourth-order valence-electron chi connectivity index (χ4n) is 2.57. The van der Waals surface area contributed by atoms with Gasteiger partial charge in [-0.3, -0.25) is 4.55 Å². The molecule has 0 fully saturated rings. The van der Waals surface area contributed by atoms with Gasteiger partial charge < -0.3 is 33.0 Å². The molecule has 0 saturated heterocycles. The minimum Gasteiger partial charge on any atom is -0.415 e. The Labute approximate surface area is 180 Å². The van der Waals surface area contributed by atoms with Crippen molar-refractivity contribution < 1.29 is 34.5 Å². The monoisotopic (exact) mass is 490 g/mol. The SMILES string of the molecule is CCO[Si](CCCS(=O)(=O)O)(OCC)O[Si](CCCN)(OCC)O[Si]CCCN. The van der Waals surface area contributed by atoms with Gasteiger partial charge in [-0.05, 0) is 59.2 Å². The van der Waals surface area contributed by atoms with Gasteiger partial charge in [0.15, 0.2) is 0 Å². The van der Waals surface area contributed by atoms with Gasteiger partial charge in [0.25, 0.3) is 10.1 Å². The Balaban J connectivity index is 5.62. The first-order chi connectivity index (χ1) is 13.7. The second kappa shape index (κ2) is 16.0. The normalized spacial score (nSPS) is 14.8. The van der Waals surface area contributed by atoms with Gasteiger partial charge >= 0.3 is 17.6 Å². The quantitative estimate of drug-likeness (QED) is 0.128. The van der Waals surface area contributed by atoms with E-state index in [4.69, 9.17) is 37.5 Å². The number of rotatable bonds is 20. The molecule has 0 saturated carbocycles. The van der Waals surface area contributed by atoms with Crippen molar-refractivity contribution in [1.82, 2.24) is 0 Å². The minimum absolute atomic E-state index is 0.147. The van der Waals surface area contributed by atoms with E-state index in [0.717, 1.165) is 12.5 Å². The van der Waals surface area contributed by atoms with E-state index in [2.05, 4.69) is 0 Å². The molecule has 2 radical (unpaired) electrons. The Kier molecular flexibility index (Phi) is 16.1. The van der Waals surface area contributed by atoms with Gasteiger partial charge in [-0.1, -0.05) is 0 Å². The van der Waals surface area contributed by atoms with E-state index in [9.17, 15) is 8.42 Å². The molecule has 0 heterocycles. The summed E-state index contributed by atoms with van der Waals surface area (Å²) in [6.45, 7) is 7.61. The Morgan fingerprint density at radius 3 is 1.86 bits per heavy atom. The zero-order valence-electron chi connectivity index (χ0n) is 17.9. The molecule has 1 unspecified atom stereocenters. The zero-order chi connectivity index (χ0) is 22.2. The molecule has 10 nitrogen and oxygen atoms in total. The Morgan fingerprint density at radius 1 is 0.862 bits per heavy atom. The molecule has 0 aliphatic rings. The molecular weight excluding hydrogens is 452 g/mol. The molecule has 1 atom stereocenters. The summed E-state index contributed by atoms with van der Waals surface area (Å²) in [5.74, 6) is -0.393. The third-order valence-electron chi connectivity index (χ3n) is 3.69. The first kappa shape index (κ1) is 29.3. The summed E-state index contributed by atoms with van der Waals surface area (Å²) in [6, 6.07) is 1.54. The zero-order valence-corrected chi connectivity index (χ0v) is 21.7. The molecule has 29 heavy (non-hydrogen) atoms. The summed E-state index contributed by atoms with van der Waals surface area (Å²) in [7, 11) is -10.4. The first-order valence-corrected chi connectivity index (χ1v) is 16.7. The molecule has 14 heteroatoms. The highest BCUT2D eigenvalue weighted by atomic mass is 32.2. The van der Waals surface area contributed by atoms with E-state index >= 15 is 0 Å². The van der Waals surface area contributed by atoms with Gasteiger partial charge in [0.05, 0.1) is 5.75 Å². The maximum atomic E-state index is 11.1. The minimum atomic E-state index is -4.09. The van der Waals surface area contributed by atoms with E-state index in [1.807, 2.05) is 20.8 Å². The first-order valence-electron chi connectivity index (χ1n) is 10.1. The average Bonchev–Trinajstić information content (AvgIpc) is 2.63. The predicted molar refractivity (Wildman–Crippen MR) is 117 cm³/mol. The number of nitrogens with two attached hydrogens (primary N) is 2. The Bertz CT molecular complexity index is 512. The second-order valence-electron chi connectivity index (χ2n) is 6.19. The number of hydrogen-bond acceptors (Lipinski definition) is 9. The van der Waals surface area contributed by atoms with E-state index in [1.165, 1.54) is 0 Å². The van der Waals surface area contributed by atoms with E-state index < -0.39 is 33.5 Å². The lowest BCUT2D eigenvalue weighted by Crippen LogP contribution is -2.59. The van der Waals surface area contributed by atoms with Gasteiger partial charge in [0, 0.05) is 31.9 Å². The van der Waals surface area contributed by atoms with Crippen LogP contribution >= 0.6 is 0 Å². The van der Waals surface area contributed by atoms with E-state index in [-0.39, 0.29) is 22.2 Å². The van der Waals surface area contributed by atoms with Crippen LogP contribution < -0.4 is 11.5 Å². The molecule has 0 aliphatic heterocycles. The van der Waals surface area contributed by atoms with Crippen molar-refractivity contribution in [2.45, 2.75) is 58.2 Å².